The highest BCUT2D eigenvalue weighted by Gasteiger charge is 2.58. The van der Waals surface area contributed by atoms with Crippen LogP contribution in [-0.4, -0.2) is 84.2 Å². The first-order valence-corrected chi connectivity index (χ1v) is 15.6. The van der Waals surface area contributed by atoms with E-state index >= 15 is 4.39 Å². The number of hydrogen-bond acceptors (Lipinski definition) is 13. The predicted octanol–water partition coefficient (Wildman–Crippen LogP) is 2.95. The van der Waals surface area contributed by atoms with Crippen LogP contribution in [0, 0.1) is 5.41 Å². The summed E-state index contributed by atoms with van der Waals surface area (Å²) in [4.78, 5) is 36.4. The summed E-state index contributed by atoms with van der Waals surface area (Å²) in [6.07, 6.45) is -3.13. The van der Waals surface area contributed by atoms with Crippen molar-refractivity contribution in [2.45, 2.75) is 77.3 Å². The molecule has 0 aromatic carbocycles. The highest BCUT2D eigenvalue weighted by atomic mass is 35.5. The maximum absolute atomic E-state index is 15.6. The van der Waals surface area contributed by atoms with Crippen LogP contribution in [0.5, 0.6) is 0 Å². The number of nitrogens with one attached hydrogen (secondary N) is 1. The molecule has 230 valence electrons. The molecule has 0 bridgehead atoms. The summed E-state index contributed by atoms with van der Waals surface area (Å²) in [5, 5.41) is 10.2. The van der Waals surface area contributed by atoms with Gasteiger partial charge in [-0.3, -0.25) is 23.2 Å². The van der Waals surface area contributed by atoms with Gasteiger partial charge in [0, 0.05) is 11.2 Å². The second-order valence-corrected chi connectivity index (χ2v) is 14.0. The molecule has 41 heavy (non-hydrogen) atoms. The van der Waals surface area contributed by atoms with Crippen LogP contribution < -0.4 is 10.8 Å². The Hall–Kier alpha value is -1.91. The fraction of sp³-hybridized carbons (Fsp3) is 0.696. The Balaban J connectivity index is 1.74. The molecule has 3 rings (SSSR count). The largest absolute Gasteiger partial charge is 0.462 e. The minimum atomic E-state index is -4.31. The summed E-state index contributed by atoms with van der Waals surface area (Å²) < 4.78 is 52.1. The first-order chi connectivity index (χ1) is 19.0. The summed E-state index contributed by atoms with van der Waals surface area (Å²) in [7, 11) is -4.31. The van der Waals surface area contributed by atoms with E-state index in [0.29, 0.717) is 0 Å². The number of hydrogen-bond donors (Lipinski definition) is 3. The number of nitrogens with zero attached hydrogens (tertiary/aromatic N) is 4. The van der Waals surface area contributed by atoms with Gasteiger partial charge in [-0.2, -0.15) is 0 Å². The average Bonchev–Trinajstić information content (AvgIpc) is 3.38. The van der Waals surface area contributed by atoms with Crippen LogP contribution in [0.4, 0.5) is 10.2 Å². The number of carbonyl (C=O) groups is 2. The van der Waals surface area contributed by atoms with Gasteiger partial charge in [0.2, 0.25) is 0 Å². The topological polar surface area (TPSA) is 190 Å². The second-order valence-electron chi connectivity index (χ2n) is 10.6. The van der Waals surface area contributed by atoms with Crippen molar-refractivity contribution in [2.75, 3.05) is 24.7 Å². The van der Waals surface area contributed by atoms with E-state index in [1.54, 1.807) is 34.6 Å². The van der Waals surface area contributed by atoms with Crippen molar-refractivity contribution in [3.05, 3.63) is 12.7 Å². The predicted molar refractivity (Wildman–Crippen MR) is 150 cm³/mol. The molecule has 0 saturated carbocycles. The standard InChI is InChI=1S/C23H35ClFN6O8PS/c1-12(2)38-19(33)13(3)30-40(35,36-7-8-41-21(34)22(4,5)6)37-9-14-16(32)23(24,25)20(39-14)31-11-29-15-17(26)27-10-28-18(15)31/h10-14,16,20,32H,7-9H2,1-6H3,(H,30,35)(H2,26,27,28). The molecular formula is C23H35ClFN6O8PS. The molecule has 6 atom stereocenters. The van der Waals surface area contributed by atoms with Gasteiger partial charge >= 0.3 is 13.7 Å². The number of halogens is 2. The highest BCUT2D eigenvalue weighted by Crippen LogP contribution is 2.49. The molecule has 6 unspecified atom stereocenters. The molecule has 1 saturated heterocycles. The first kappa shape index (κ1) is 33.6. The van der Waals surface area contributed by atoms with Gasteiger partial charge in [0.15, 0.2) is 22.8 Å². The van der Waals surface area contributed by atoms with Gasteiger partial charge in [0.25, 0.3) is 5.13 Å². The SMILES string of the molecule is CC(C)OC(=O)C(C)NP(=O)(OCCSC(=O)C(C)(C)C)OCC1OC(n2cnc3c(N)ncnc32)C(F)(Cl)C1O. The third kappa shape index (κ3) is 8.14. The Kier molecular flexibility index (Phi) is 10.8. The van der Waals surface area contributed by atoms with Crippen LogP contribution in [-0.2, 0) is 32.7 Å². The molecule has 1 aliphatic rings. The van der Waals surface area contributed by atoms with E-state index < -0.39 is 61.4 Å². The number of anilines is 1. The van der Waals surface area contributed by atoms with Crippen molar-refractivity contribution in [1.82, 2.24) is 24.6 Å². The summed E-state index contributed by atoms with van der Waals surface area (Å²) in [6.45, 7) is 9.10. The number of ether oxygens (including phenoxy) is 2. The number of thioether (sulfide) groups is 1. The van der Waals surface area contributed by atoms with Gasteiger partial charge in [-0.05, 0) is 20.8 Å². The van der Waals surface area contributed by atoms with Crippen molar-refractivity contribution >= 4 is 59.2 Å². The number of aliphatic hydroxyl groups excluding tert-OH is 1. The van der Waals surface area contributed by atoms with Gasteiger partial charge in [-0.15, -0.1) is 0 Å². The van der Waals surface area contributed by atoms with Crippen LogP contribution in [0.25, 0.3) is 11.2 Å². The van der Waals surface area contributed by atoms with Gasteiger partial charge < -0.3 is 20.3 Å². The molecule has 0 amide bonds. The second kappa shape index (κ2) is 13.2. The van der Waals surface area contributed by atoms with E-state index in [4.69, 9.17) is 35.9 Å². The monoisotopic (exact) mass is 640 g/mol. The van der Waals surface area contributed by atoms with Crippen molar-refractivity contribution in [3.63, 3.8) is 0 Å². The molecule has 14 nitrogen and oxygen atoms in total. The van der Waals surface area contributed by atoms with E-state index in [2.05, 4.69) is 20.0 Å². The van der Waals surface area contributed by atoms with Gasteiger partial charge in [-0.1, -0.05) is 44.1 Å². The Morgan fingerprint density at radius 1 is 1.32 bits per heavy atom. The minimum Gasteiger partial charge on any atom is -0.462 e. The highest BCUT2D eigenvalue weighted by molar-refractivity contribution is 8.13. The van der Waals surface area contributed by atoms with Crippen molar-refractivity contribution < 1.29 is 42.2 Å². The maximum Gasteiger partial charge on any atom is 0.406 e. The van der Waals surface area contributed by atoms with Gasteiger partial charge in [-0.25, -0.2) is 29.0 Å². The number of imidazole rings is 1. The minimum absolute atomic E-state index is 0.0443. The number of rotatable bonds is 12. The molecule has 18 heteroatoms. The lowest BCUT2D eigenvalue weighted by Crippen LogP contribution is -2.39. The quantitative estimate of drug-likeness (QED) is 0.133. The molecule has 4 N–H and O–H groups in total. The number of alkyl halides is 2. The zero-order chi connectivity index (χ0) is 30.8. The third-order valence-corrected chi connectivity index (χ3v) is 9.05. The third-order valence-electron chi connectivity index (χ3n) is 5.68. The zero-order valence-electron chi connectivity index (χ0n) is 23.4. The summed E-state index contributed by atoms with van der Waals surface area (Å²) in [6, 6.07) is -1.13. The van der Waals surface area contributed by atoms with Crippen LogP contribution in [0.2, 0.25) is 0 Å². The summed E-state index contributed by atoms with van der Waals surface area (Å²) >= 11 is 7.05. The van der Waals surface area contributed by atoms with Gasteiger partial charge in [0.05, 0.1) is 25.6 Å². The van der Waals surface area contributed by atoms with Crippen molar-refractivity contribution in [1.29, 1.82) is 0 Å². The van der Waals surface area contributed by atoms with Crippen LogP contribution in [0.15, 0.2) is 12.7 Å². The summed E-state index contributed by atoms with van der Waals surface area (Å²) in [5.41, 5.74) is 5.48. The number of esters is 1. The lowest BCUT2D eigenvalue weighted by Gasteiger charge is -2.25. The molecule has 2 aromatic rings. The lowest BCUT2D eigenvalue weighted by atomic mass is 10.00. The van der Waals surface area contributed by atoms with Crippen LogP contribution in [0.3, 0.4) is 0 Å². The Morgan fingerprint density at radius 2 is 2.00 bits per heavy atom. The molecule has 0 spiro atoms. The van der Waals surface area contributed by atoms with Crippen molar-refractivity contribution in [3.8, 4) is 0 Å². The number of nitrogens with two attached hydrogens (primary N) is 1. The smallest absolute Gasteiger partial charge is 0.406 e. The number of aromatic nitrogens is 4. The van der Waals surface area contributed by atoms with Gasteiger partial charge in [0.1, 0.15) is 30.1 Å². The van der Waals surface area contributed by atoms with Crippen molar-refractivity contribution in [2.24, 2.45) is 5.41 Å². The van der Waals surface area contributed by atoms with E-state index in [0.717, 1.165) is 22.7 Å². The molecule has 0 aliphatic carbocycles. The lowest BCUT2D eigenvalue weighted by molar-refractivity contribution is -0.149. The van der Waals surface area contributed by atoms with E-state index in [1.165, 1.54) is 13.3 Å². The fourth-order valence-corrected chi connectivity index (χ4v) is 6.25. The average molecular weight is 641 g/mol. The maximum atomic E-state index is 15.6. The normalized spacial score (nSPS) is 25.4. The molecule has 0 radical (unpaired) electrons. The summed E-state index contributed by atoms with van der Waals surface area (Å²) in [5.74, 6) is -0.546. The molecule has 3 heterocycles. The molecule has 1 aliphatic heterocycles. The Morgan fingerprint density at radius 3 is 2.63 bits per heavy atom. The fourth-order valence-electron chi connectivity index (χ4n) is 3.56. The van der Waals surface area contributed by atoms with E-state index in [-0.39, 0.29) is 34.5 Å². The van der Waals surface area contributed by atoms with E-state index in [1.807, 2.05) is 0 Å². The number of carbonyl (C=O) groups excluding carboxylic acids is 2. The van der Waals surface area contributed by atoms with E-state index in [9.17, 15) is 19.3 Å². The number of nitrogen functional groups attached to an aromatic ring is 1. The Labute approximate surface area is 245 Å². The Bertz CT molecular complexity index is 1290. The molecular weight excluding hydrogens is 606 g/mol. The zero-order valence-corrected chi connectivity index (χ0v) is 25.9. The first-order valence-electron chi connectivity index (χ1n) is 12.6. The molecule has 1 fully saturated rings. The number of aliphatic hydroxyl groups is 1. The van der Waals surface area contributed by atoms with Crippen LogP contribution in [0.1, 0.15) is 47.8 Å². The van der Waals surface area contributed by atoms with Crippen LogP contribution >= 0.6 is 31.1 Å². The molecule has 2 aromatic heterocycles. The number of fused-ring (bicyclic) bond motifs is 1.